The van der Waals surface area contributed by atoms with Crippen molar-refractivity contribution < 1.29 is 14.6 Å². The molecule has 4 nitrogen and oxygen atoms in total. The van der Waals surface area contributed by atoms with Crippen LogP contribution in [0.5, 0.6) is 5.75 Å². The van der Waals surface area contributed by atoms with Gasteiger partial charge >= 0.3 is 5.97 Å². The molecular weight excluding hydrogens is 218 g/mol. The van der Waals surface area contributed by atoms with E-state index in [9.17, 15) is 4.79 Å². The molecule has 82 valence electrons. The molecule has 0 aliphatic carbocycles. The number of halogens is 1. The quantitative estimate of drug-likeness (QED) is 0.817. The highest BCUT2D eigenvalue weighted by Gasteiger charge is 2.12. The van der Waals surface area contributed by atoms with Crippen molar-refractivity contribution in [2.24, 2.45) is 5.73 Å². The van der Waals surface area contributed by atoms with Crippen molar-refractivity contribution >= 4 is 17.6 Å². The zero-order chi connectivity index (χ0) is 11.4. The zero-order valence-corrected chi connectivity index (χ0v) is 8.99. The first-order chi connectivity index (χ1) is 7.02. The number of methoxy groups -OCH3 is 1. The summed E-state index contributed by atoms with van der Waals surface area (Å²) in [6.07, 6.45) is 0.228. The van der Waals surface area contributed by atoms with E-state index in [0.29, 0.717) is 10.8 Å². The molecule has 0 heterocycles. The second kappa shape index (κ2) is 5.00. The fourth-order valence-corrected chi connectivity index (χ4v) is 1.45. The summed E-state index contributed by atoms with van der Waals surface area (Å²) in [6, 6.07) is 4.12. The first kappa shape index (κ1) is 11.8. The number of rotatable bonds is 4. The number of aliphatic carboxylic acids is 1. The standard InChI is InChI=1S/C10H12ClNO3/c1-15-8-3-6(2-7(11)5-8)4-9(12)10(13)14/h2-3,5,9H,4,12H2,1H3,(H,13,14). The van der Waals surface area contributed by atoms with Crippen LogP contribution in [0.2, 0.25) is 5.02 Å². The second-order valence-corrected chi connectivity index (χ2v) is 3.58. The fourth-order valence-electron chi connectivity index (χ4n) is 1.20. The van der Waals surface area contributed by atoms with Crippen molar-refractivity contribution in [3.63, 3.8) is 0 Å². The van der Waals surface area contributed by atoms with Gasteiger partial charge in [0.1, 0.15) is 11.8 Å². The highest BCUT2D eigenvalue weighted by Crippen LogP contribution is 2.21. The number of benzene rings is 1. The average Bonchev–Trinajstić information content (AvgIpc) is 2.16. The third-order valence-electron chi connectivity index (χ3n) is 1.94. The molecule has 0 bridgehead atoms. The van der Waals surface area contributed by atoms with Crippen molar-refractivity contribution in [3.8, 4) is 5.75 Å². The van der Waals surface area contributed by atoms with Crippen LogP contribution in [0.1, 0.15) is 5.56 Å². The smallest absolute Gasteiger partial charge is 0.320 e. The minimum atomic E-state index is -1.03. The molecule has 15 heavy (non-hydrogen) atoms. The van der Waals surface area contributed by atoms with Gasteiger partial charge < -0.3 is 15.6 Å². The normalized spacial score (nSPS) is 12.2. The van der Waals surface area contributed by atoms with Gasteiger partial charge in [0.15, 0.2) is 0 Å². The van der Waals surface area contributed by atoms with Crippen molar-refractivity contribution in [3.05, 3.63) is 28.8 Å². The van der Waals surface area contributed by atoms with Crippen LogP contribution in [-0.2, 0) is 11.2 Å². The molecule has 1 atom stereocenters. The Hall–Kier alpha value is -1.26. The molecule has 0 radical (unpaired) electrons. The van der Waals surface area contributed by atoms with E-state index in [1.54, 1.807) is 18.2 Å². The van der Waals surface area contributed by atoms with Gasteiger partial charge in [0.2, 0.25) is 0 Å². The monoisotopic (exact) mass is 229 g/mol. The van der Waals surface area contributed by atoms with Crippen LogP contribution in [-0.4, -0.2) is 24.2 Å². The summed E-state index contributed by atoms with van der Waals surface area (Å²) in [5.74, 6) is -0.441. The number of hydrogen-bond donors (Lipinski definition) is 2. The number of hydrogen-bond acceptors (Lipinski definition) is 3. The first-order valence-electron chi connectivity index (χ1n) is 4.34. The summed E-state index contributed by atoms with van der Waals surface area (Å²) < 4.78 is 5.01. The van der Waals surface area contributed by atoms with Crippen LogP contribution < -0.4 is 10.5 Å². The minimum absolute atomic E-state index is 0.228. The van der Waals surface area contributed by atoms with Crippen molar-refractivity contribution in [1.29, 1.82) is 0 Å². The Balaban J connectivity index is 2.85. The summed E-state index contributed by atoms with van der Waals surface area (Å²) in [5, 5.41) is 9.15. The molecule has 3 N–H and O–H groups in total. The van der Waals surface area contributed by atoms with Gasteiger partial charge in [0.05, 0.1) is 7.11 Å². The molecule has 0 aliphatic rings. The van der Waals surface area contributed by atoms with Crippen LogP contribution in [0.25, 0.3) is 0 Å². The lowest BCUT2D eigenvalue weighted by Crippen LogP contribution is -2.32. The number of nitrogens with two attached hydrogens (primary N) is 1. The predicted octanol–water partition coefficient (Wildman–Crippen LogP) is 1.30. The van der Waals surface area contributed by atoms with E-state index in [-0.39, 0.29) is 6.42 Å². The van der Waals surface area contributed by atoms with Gasteiger partial charge in [-0.15, -0.1) is 0 Å². The highest BCUT2D eigenvalue weighted by atomic mass is 35.5. The summed E-state index contributed by atoms with van der Waals surface area (Å²) >= 11 is 5.82. The molecular formula is C10H12ClNO3. The maximum Gasteiger partial charge on any atom is 0.320 e. The van der Waals surface area contributed by atoms with Gasteiger partial charge in [-0.1, -0.05) is 11.6 Å². The van der Waals surface area contributed by atoms with Gasteiger partial charge in [0, 0.05) is 5.02 Å². The molecule has 0 saturated carbocycles. The summed E-state index contributed by atoms with van der Waals surface area (Å²) in [5.41, 5.74) is 6.15. The lowest BCUT2D eigenvalue weighted by molar-refractivity contribution is -0.138. The summed E-state index contributed by atoms with van der Waals surface area (Å²) in [6.45, 7) is 0. The molecule has 0 saturated heterocycles. The molecule has 0 aliphatic heterocycles. The Kier molecular flexibility index (Phi) is 3.94. The van der Waals surface area contributed by atoms with E-state index < -0.39 is 12.0 Å². The van der Waals surface area contributed by atoms with Gasteiger partial charge in [-0.3, -0.25) is 4.79 Å². The maximum atomic E-state index is 10.6. The van der Waals surface area contributed by atoms with Crippen molar-refractivity contribution in [1.82, 2.24) is 0 Å². The molecule has 0 fully saturated rings. The molecule has 1 aromatic carbocycles. The highest BCUT2D eigenvalue weighted by molar-refractivity contribution is 6.30. The zero-order valence-electron chi connectivity index (χ0n) is 8.24. The molecule has 0 amide bonds. The lowest BCUT2D eigenvalue weighted by Gasteiger charge is -2.08. The van der Waals surface area contributed by atoms with Gasteiger partial charge in [0.25, 0.3) is 0 Å². The molecule has 0 aromatic heterocycles. The molecule has 0 spiro atoms. The Morgan fingerprint density at radius 1 is 1.60 bits per heavy atom. The lowest BCUT2D eigenvalue weighted by atomic mass is 10.1. The van der Waals surface area contributed by atoms with Gasteiger partial charge in [-0.05, 0) is 30.2 Å². The third kappa shape index (κ3) is 3.42. The SMILES string of the molecule is COc1cc(Cl)cc(CC(N)C(=O)O)c1. The molecule has 1 aromatic rings. The maximum absolute atomic E-state index is 10.6. The van der Waals surface area contributed by atoms with E-state index in [1.807, 2.05) is 0 Å². The van der Waals surface area contributed by atoms with E-state index >= 15 is 0 Å². The Labute approximate surface area is 92.6 Å². The molecule has 1 unspecified atom stereocenters. The minimum Gasteiger partial charge on any atom is -0.497 e. The summed E-state index contributed by atoms with van der Waals surface area (Å²) in [4.78, 5) is 10.6. The number of carboxylic acids is 1. The molecule has 1 rings (SSSR count). The van der Waals surface area contributed by atoms with Crippen LogP contribution >= 0.6 is 11.6 Å². The summed E-state index contributed by atoms with van der Waals surface area (Å²) in [7, 11) is 1.52. The van der Waals surface area contributed by atoms with Crippen LogP contribution in [0.4, 0.5) is 0 Å². The van der Waals surface area contributed by atoms with E-state index in [1.165, 1.54) is 7.11 Å². The van der Waals surface area contributed by atoms with Crippen molar-refractivity contribution in [2.45, 2.75) is 12.5 Å². The second-order valence-electron chi connectivity index (χ2n) is 3.15. The Bertz CT molecular complexity index is 368. The molecule has 5 heteroatoms. The third-order valence-corrected chi connectivity index (χ3v) is 2.16. The largest absolute Gasteiger partial charge is 0.497 e. The fraction of sp³-hybridized carbons (Fsp3) is 0.300. The predicted molar refractivity (Wildman–Crippen MR) is 57.3 cm³/mol. The number of carboxylic acid groups (broad SMARTS) is 1. The first-order valence-corrected chi connectivity index (χ1v) is 4.72. The number of ether oxygens (including phenoxy) is 1. The number of carbonyl (C=O) groups is 1. The van der Waals surface area contributed by atoms with E-state index in [2.05, 4.69) is 0 Å². The van der Waals surface area contributed by atoms with Crippen LogP contribution in [0.15, 0.2) is 18.2 Å². The van der Waals surface area contributed by atoms with Crippen molar-refractivity contribution in [2.75, 3.05) is 7.11 Å². The average molecular weight is 230 g/mol. The van der Waals surface area contributed by atoms with E-state index in [0.717, 1.165) is 5.56 Å². The van der Waals surface area contributed by atoms with Crippen LogP contribution in [0.3, 0.4) is 0 Å². The Morgan fingerprint density at radius 2 is 2.27 bits per heavy atom. The topological polar surface area (TPSA) is 72.5 Å². The van der Waals surface area contributed by atoms with Gasteiger partial charge in [-0.2, -0.15) is 0 Å². The van der Waals surface area contributed by atoms with E-state index in [4.69, 9.17) is 27.2 Å². The van der Waals surface area contributed by atoms with Crippen LogP contribution in [0, 0.1) is 0 Å². The Morgan fingerprint density at radius 3 is 2.80 bits per heavy atom. The van der Waals surface area contributed by atoms with Gasteiger partial charge in [-0.25, -0.2) is 0 Å².